The second-order valence-electron chi connectivity index (χ2n) is 6.13. The fourth-order valence-corrected chi connectivity index (χ4v) is 1.72. The second kappa shape index (κ2) is 7.52. The number of carboxylic acid groups (broad SMARTS) is 1. The van der Waals surface area contributed by atoms with Gasteiger partial charge >= 0.3 is 5.97 Å². The Bertz CT molecular complexity index is 347. The number of hydrogen-bond acceptors (Lipinski definition) is 3. The van der Waals surface area contributed by atoms with Crippen LogP contribution in [0.3, 0.4) is 0 Å². The molecule has 1 amide bonds. The van der Waals surface area contributed by atoms with Crippen molar-refractivity contribution in [2.75, 3.05) is 0 Å². The lowest BCUT2D eigenvalue weighted by Gasteiger charge is -2.27. The number of carboxylic acids is 1. The van der Waals surface area contributed by atoms with Crippen LogP contribution >= 0.6 is 0 Å². The molecule has 5 nitrogen and oxygen atoms in total. The maximum atomic E-state index is 12.7. The van der Waals surface area contributed by atoms with E-state index in [0.717, 1.165) is 0 Å². The van der Waals surface area contributed by atoms with Crippen LogP contribution in [0.5, 0.6) is 0 Å². The number of carbonyl (C=O) groups is 2. The molecule has 2 unspecified atom stereocenters. The minimum absolute atomic E-state index is 0.0742. The third kappa shape index (κ3) is 6.27. The summed E-state index contributed by atoms with van der Waals surface area (Å²) in [5, 5.41) is 11.3. The molecule has 0 aliphatic heterocycles. The molecule has 0 aromatic heterocycles. The van der Waals surface area contributed by atoms with Crippen LogP contribution in [0, 0.1) is 11.3 Å². The van der Waals surface area contributed by atoms with Gasteiger partial charge in [-0.1, -0.05) is 27.7 Å². The van der Waals surface area contributed by atoms with E-state index in [1.165, 1.54) is 13.8 Å². The van der Waals surface area contributed by atoms with Gasteiger partial charge in [-0.25, -0.2) is 13.6 Å². The number of nitrogens with one attached hydrogen (secondary N) is 1. The zero-order chi connectivity index (χ0) is 16.1. The number of carbonyl (C=O) groups excluding carboxylic acids is 1. The highest BCUT2D eigenvalue weighted by Crippen LogP contribution is 2.29. The predicted octanol–water partition coefficient (Wildman–Crippen LogP) is 1.61. The first-order valence-corrected chi connectivity index (χ1v) is 6.54. The van der Waals surface area contributed by atoms with Gasteiger partial charge in [0.05, 0.1) is 6.04 Å². The number of nitrogens with two attached hydrogens (primary N) is 1. The summed E-state index contributed by atoms with van der Waals surface area (Å²) in [7, 11) is 0. The maximum Gasteiger partial charge on any atom is 0.326 e. The number of halogens is 2. The molecule has 0 heterocycles. The average molecular weight is 294 g/mol. The van der Waals surface area contributed by atoms with E-state index in [-0.39, 0.29) is 18.8 Å². The zero-order valence-corrected chi connectivity index (χ0v) is 12.3. The molecule has 0 rings (SSSR count). The standard InChI is InChI=1S/C13H24F2N2O3/c1-7(2)5-9(11(19)20)17-10(18)8(16)6-13(3,4)12(14)15/h7-9,12H,5-6,16H2,1-4H3,(H,17,18)(H,19,20). The molecule has 0 saturated heterocycles. The van der Waals surface area contributed by atoms with Gasteiger partial charge in [0.1, 0.15) is 6.04 Å². The van der Waals surface area contributed by atoms with Gasteiger partial charge in [-0.15, -0.1) is 0 Å². The number of aliphatic carboxylic acids is 1. The van der Waals surface area contributed by atoms with Crippen LogP contribution in [0.4, 0.5) is 8.78 Å². The van der Waals surface area contributed by atoms with Crippen molar-refractivity contribution in [3.63, 3.8) is 0 Å². The Kier molecular flexibility index (Phi) is 7.05. The van der Waals surface area contributed by atoms with Crippen LogP contribution in [0.15, 0.2) is 0 Å². The van der Waals surface area contributed by atoms with E-state index in [2.05, 4.69) is 5.32 Å². The maximum absolute atomic E-state index is 12.7. The minimum Gasteiger partial charge on any atom is -0.480 e. The van der Waals surface area contributed by atoms with Gasteiger partial charge in [0, 0.05) is 5.41 Å². The number of amides is 1. The molecule has 7 heteroatoms. The molecule has 0 aromatic rings. The fourth-order valence-electron chi connectivity index (χ4n) is 1.72. The first-order chi connectivity index (χ1) is 8.97. The Balaban J connectivity index is 4.61. The van der Waals surface area contributed by atoms with Crippen molar-refractivity contribution in [3.8, 4) is 0 Å². The van der Waals surface area contributed by atoms with Crippen molar-refractivity contribution in [3.05, 3.63) is 0 Å². The molecule has 0 aliphatic carbocycles. The molecule has 2 atom stereocenters. The zero-order valence-electron chi connectivity index (χ0n) is 12.3. The summed E-state index contributed by atoms with van der Waals surface area (Å²) in [6, 6.07) is -2.21. The molecule has 118 valence electrons. The smallest absolute Gasteiger partial charge is 0.326 e. The molecular formula is C13H24F2N2O3. The Labute approximate surface area is 117 Å². The monoisotopic (exact) mass is 294 g/mol. The molecule has 20 heavy (non-hydrogen) atoms. The van der Waals surface area contributed by atoms with Crippen LogP contribution in [-0.2, 0) is 9.59 Å². The van der Waals surface area contributed by atoms with Crippen molar-refractivity contribution in [2.24, 2.45) is 17.1 Å². The van der Waals surface area contributed by atoms with Crippen LogP contribution in [-0.4, -0.2) is 35.5 Å². The second-order valence-corrected chi connectivity index (χ2v) is 6.13. The van der Waals surface area contributed by atoms with Crippen LogP contribution < -0.4 is 11.1 Å². The van der Waals surface area contributed by atoms with E-state index in [9.17, 15) is 18.4 Å². The molecular weight excluding hydrogens is 270 g/mol. The van der Waals surface area contributed by atoms with Crippen molar-refractivity contribution < 1.29 is 23.5 Å². The van der Waals surface area contributed by atoms with E-state index in [1.807, 2.05) is 13.8 Å². The largest absolute Gasteiger partial charge is 0.480 e. The van der Waals surface area contributed by atoms with Gasteiger partial charge in [-0.3, -0.25) is 4.79 Å². The van der Waals surface area contributed by atoms with E-state index < -0.39 is 35.8 Å². The van der Waals surface area contributed by atoms with E-state index in [1.54, 1.807) is 0 Å². The van der Waals surface area contributed by atoms with Gasteiger partial charge in [0.15, 0.2) is 0 Å². The number of hydrogen-bond donors (Lipinski definition) is 3. The summed E-state index contributed by atoms with van der Waals surface area (Å²) in [5.74, 6) is -1.80. The van der Waals surface area contributed by atoms with Crippen molar-refractivity contribution in [1.29, 1.82) is 0 Å². The molecule has 0 aromatic carbocycles. The van der Waals surface area contributed by atoms with Crippen LogP contribution in [0.25, 0.3) is 0 Å². The summed E-state index contributed by atoms with van der Waals surface area (Å²) in [6.45, 7) is 6.27. The quantitative estimate of drug-likeness (QED) is 0.634. The first-order valence-electron chi connectivity index (χ1n) is 6.54. The molecule has 0 aliphatic rings. The van der Waals surface area contributed by atoms with E-state index in [0.29, 0.717) is 0 Å². The lowest BCUT2D eigenvalue weighted by atomic mass is 9.86. The van der Waals surface area contributed by atoms with Crippen LogP contribution in [0.1, 0.15) is 40.5 Å². The molecule has 0 spiro atoms. The highest BCUT2D eigenvalue weighted by Gasteiger charge is 2.34. The summed E-state index contributed by atoms with van der Waals surface area (Å²) in [4.78, 5) is 22.8. The third-order valence-corrected chi connectivity index (χ3v) is 3.00. The molecule has 0 radical (unpaired) electrons. The van der Waals surface area contributed by atoms with Gasteiger partial charge in [-0.2, -0.15) is 0 Å². The Morgan fingerprint density at radius 3 is 2.15 bits per heavy atom. The Morgan fingerprint density at radius 2 is 1.80 bits per heavy atom. The van der Waals surface area contributed by atoms with Gasteiger partial charge in [0.25, 0.3) is 0 Å². The summed E-state index contributed by atoms with van der Waals surface area (Å²) < 4.78 is 25.4. The lowest BCUT2D eigenvalue weighted by Crippen LogP contribution is -2.50. The average Bonchev–Trinajstić information content (AvgIpc) is 2.26. The lowest BCUT2D eigenvalue weighted by molar-refractivity contribution is -0.142. The SMILES string of the molecule is CC(C)CC(NC(=O)C(N)CC(C)(C)C(F)F)C(=O)O. The normalized spacial score (nSPS) is 15.2. The first kappa shape index (κ1) is 18.8. The Morgan fingerprint density at radius 1 is 1.30 bits per heavy atom. The van der Waals surface area contributed by atoms with Gasteiger partial charge in [-0.05, 0) is 18.8 Å². The van der Waals surface area contributed by atoms with Crippen molar-refractivity contribution in [2.45, 2.75) is 59.0 Å². The summed E-state index contributed by atoms with van der Waals surface area (Å²) in [6.07, 6.45) is -2.57. The van der Waals surface area contributed by atoms with Gasteiger partial charge < -0.3 is 16.2 Å². The van der Waals surface area contributed by atoms with Gasteiger partial charge in [0.2, 0.25) is 12.3 Å². The fraction of sp³-hybridized carbons (Fsp3) is 0.846. The third-order valence-electron chi connectivity index (χ3n) is 3.00. The topological polar surface area (TPSA) is 92.4 Å². The van der Waals surface area contributed by atoms with Crippen LogP contribution in [0.2, 0.25) is 0 Å². The summed E-state index contributed by atoms with van der Waals surface area (Å²) >= 11 is 0. The predicted molar refractivity (Wildman–Crippen MR) is 71.4 cm³/mol. The number of rotatable bonds is 8. The van der Waals surface area contributed by atoms with E-state index in [4.69, 9.17) is 10.8 Å². The van der Waals surface area contributed by atoms with Crippen molar-refractivity contribution >= 4 is 11.9 Å². The number of alkyl halides is 2. The minimum atomic E-state index is -2.60. The Hall–Kier alpha value is -1.24. The molecule has 0 bridgehead atoms. The molecule has 4 N–H and O–H groups in total. The van der Waals surface area contributed by atoms with Crippen molar-refractivity contribution in [1.82, 2.24) is 5.32 Å². The summed E-state index contributed by atoms with van der Waals surface area (Å²) in [5.41, 5.74) is 4.19. The molecule has 0 fully saturated rings. The molecule has 0 saturated carbocycles. The van der Waals surface area contributed by atoms with E-state index >= 15 is 0 Å². The highest BCUT2D eigenvalue weighted by molar-refractivity contribution is 5.86. The highest BCUT2D eigenvalue weighted by atomic mass is 19.3.